The molecule has 8 atom stereocenters. The Kier molecular flexibility index (Phi) is 8.81. The van der Waals surface area contributed by atoms with E-state index in [4.69, 9.17) is 23.7 Å². The van der Waals surface area contributed by atoms with Gasteiger partial charge in [0.15, 0.2) is 0 Å². The molecular weight excluding hydrogens is 404 g/mol. The fraction of sp³-hybridized carbons (Fsp3) is 1.00. The van der Waals surface area contributed by atoms with Crippen LogP contribution in [0, 0.1) is 23.7 Å². The van der Waals surface area contributed by atoms with Crippen molar-refractivity contribution in [1.82, 2.24) is 0 Å². The van der Waals surface area contributed by atoms with E-state index in [1.165, 1.54) is 77.0 Å². The van der Waals surface area contributed by atoms with Crippen LogP contribution in [0.15, 0.2) is 0 Å². The van der Waals surface area contributed by atoms with Crippen molar-refractivity contribution in [2.24, 2.45) is 23.7 Å². The van der Waals surface area contributed by atoms with Crippen molar-refractivity contribution < 1.29 is 23.7 Å². The molecule has 5 nitrogen and oxygen atoms in total. The summed E-state index contributed by atoms with van der Waals surface area (Å²) in [5.74, 6) is 3.36. The van der Waals surface area contributed by atoms with Crippen LogP contribution in [0.3, 0.4) is 0 Å². The van der Waals surface area contributed by atoms with Crippen LogP contribution in [0.1, 0.15) is 83.5 Å². The Labute approximate surface area is 195 Å². The molecular formula is C27H46O5. The van der Waals surface area contributed by atoms with Crippen molar-refractivity contribution in [3.63, 3.8) is 0 Å². The molecule has 0 amide bonds. The monoisotopic (exact) mass is 450 g/mol. The Bertz CT molecular complexity index is 510. The van der Waals surface area contributed by atoms with E-state index in [0.717, 1.165) is 43.3 Å². The minimum Gasteiger partial charge on any atom is -0.377 e. The van der Waals surface area contributed by atoms with Crippen LogP contribution in [-0.2, 0) is 23.7 Å². The van der Waals surface area contributed by atoms with Crippen molar-refractivity contribution >= 4 is 0 Å². The first-order valence-corrected chi connectivity index (χ1v) is 13.9. The second kappa shape index (κ2) is 12.0. The summed E-state index contributed by atoms with van der Waals surface area (Å²) in [6.45, 7) is 4.19. The molecule has 4 aliphatic carbocycles. The molecule has 5 heteroatoms. The smallest absolute Gasteiger partial charge is 0.0840 e. The highest BCUT2D eigenvalue weighted by Gasteiger charge is 2.40. The highest BCUT2D eigenvalue weighted by Crippen LogP contribution is 2.43. The number of fused-ring (bicyclic) bond motifs is 4. The Morgan fingerprint density at radius 1 is 0.344 bits per heavy atom. The molecule has 1 heterocycles. The van der Waals surface area contributed by atoms with Crippen molar-refractivity contribution in [1.29, 1.82) is 0 Å². The first-order chi connectivity index (χ1) is 15.9. The third-order valence-electron chi connectivity index (χ3n) is 9.17. The lowest BCUT2D eigenvalue weighted by atomic mass is 9.69. The second-order valence-corrected chi connectivity index (χ2v) is 11.2. The minimum absolute atomic E-state index is 0.231. The van der Waals surface area contributed by atoms with Gasteiger partial charge >= 0.3 is 0 Å². The molecule has 184 valence electrons. The zero-order chi connectivity index (χ0) is 21.6. The molecule has 0 N–H and O–H groups in total. The molecule has 0 aromatic heterocycles. The van der Waals surface area contributed by atoms with Gasteiger partial charge in [-0.25, -0.2) is 0 Å². The zero-order valence-corrected chi connectivity index (χ0v) is 20.1. The minimum atomic E-state index is 0.231. The third-order valence-corrected chi connectivity index (χ3v) is 9.17. The van der Waals surface area contributed by atoms with E-state index in [-0.39, 0.29) is 24.4 Å². The van der Waals surface area contributed by atoms with Gasteiger partial charge in [0, 0.05) is 13.2 Å². The quantitative estimate of drug-likeness (QED) is 0.511. The van der Waals surface area contributed by atoms with Crippen LogP contribution < -0.4 is 0 Å². The zero-order valence-electron chi connectivity index (χ0n) is 20.1. The predicted molar refractivity (Wildman–Crippen MR) is 124 cm³/mol. The molecule has 0 aromatic carbocycles. The maximum absolute atomic E-state index is 6.44. The standard InChI is InChI=1S/C27H46O5/c1-3-8-22-18-26-24(16-20(22)6-1)29-10-5-11-30-25-17-21-7-2-4-9-23(21)19-27(25)32-15-13-28-12-14-31-26/h20-27H,1-19H2/t20-,21+,22+,23-,24-,25-,26-,27+/m1/s1. The van der Waals surface area contributed by atoms with Crippen LogP contribution in [0.25, 0.3) is 0 Å². The third kappa shape index (κ3) is 6.07. The average Bonchev–Trinajstić information content (AvgIpc) is 2.82. The molecule has 0 unspecified atom stereocenters. The molecule has 0 bridgehead atoms. The first kappa shape index (κ1) is 23.5. The van der Waals surface area contributed by atoms with Crippen molar-refractivity contribution in [3.8, 4) is 0 Å². The SMILES string of the molecule is C1CO[C@@H]2C[C@@H]3CCCC[C@@H]3C[C@@H]2OCCOCCO[C@@H]2C[C@@H]3CCCC[C@@H]3C[C@H]2OC1. The molecule has 0 radical (unpaired) electrons. The van der Waals surface area contributed by atoms with E-state index in [1.54, 1.807) is 0 Å². The van der Waals surface area contributed by atoms with Crippen LogP contribution in [0.4, 0.5) is 0 Å². The summed E-state index contributed by atoms with van der Waals surface area (Å²) in [4.78, 5) is 0. The van der Waals surface area contributed by atoms with Gasteiger partial charge in [0.05, 0.1) is 50.8 Å². The Balaban J connectivity index is 1.16. The van der Waals surface area contributed by atoms with Gasteiger partial charge in [-0.1, -0.05) is 51.4 Å². The average molecular weight is 451 g/mol. The summed E-state index contributed by atoms with van der Waals surface area (Å²) in [6.07, 6.45) is 17.7. The van der Waals surface area contributed by atoms with Crippen LogP contribution in [0.2, 0.25) is 0 Å². The summed E-state index contributed by atoms with van der Waals surface area (Å²) >= 11 is 0. The van der Waals surface area contributed by atoms with Crippen molar-refractivity contribution in [3.05, 3.63) is 0 Å². The maximum Gasteiger partial charge on any atom is 0.0840 e. The first-order valence-electron chi connectivity index (χ1n) is 13.9. The number of ether oxygens (including phenoxy) is 5. The van der Waals surface area contributed by atoms with Crippen molar-refractivity contribution in [2.45, 2.75) is 108 Å². The van der Waals surface area contributed by atoms with Crippen LogP contribution >= 0.6 is 0 Å². The van der Waals surface area contributed by atoms with E-state index in [9.17, 15) is 0 Å². The highest BCUT2D eigenvalue weighted by atomic mass is 16.6. The molecule has 32 heavy (non-hydrogen) atoms. The largest absolute Gasteiger partial charge is 0.377 e. The summed E-state index contributed by atoms with van der Waals surface area (Å²) in [6, 6.07) is 0. The number of hydrogen-bond donors (Lipinski definition) is 0. The topological polar surface area (TPSA) is 46.2 Å². The molecule has 5 fully saturated rings. The summed E-state index contributed by atoms with van der Waals surface area (Å²) in [5, 5.41) is 0. The lowest BCUT2D eigenvalue weighted by Gasteiger charge is -2.44. The summed E-state index contributed by atoms with van der Waals surface area (Å²) in [7, 11) is 0. The molecule has 5 aliphatic rings. The van der Waals surface area contributed by atoms with Gasteiger partial charge in [-0.05, 0) is 55.8 Å². The van der Waals surface area contributed by atoms with E-state index in [0.29, 0.717) is 26.4 Å². The van der Waals surface area contributed by atoms with Crippen molar-refractivity contribution in [2.75, 3.05) is 39.6 Å². The lowest BCUT2D eigenvalue weighted by molar-refractivity contribution is -0.148. The van der Waals surface area contributed by atoms with Gasteiger partial charge in [-0.2, -0.15) is 0 Å². The highest BCUT2D eigenvalue weighted by molar-refractivity contribution is 4.91. The normalized spacial score (nSPS) is 45.0. The summed E-state index contributed by atoms with van der Waals surface area (Å²) in [5.41, 5.74) is 0. The Hall–Kier alpha value is -0.200. The van der Waals surface area contributed by atoms with E-state index < -0.39 is 0 Å². The van der Waals surface area contributed by atoms with Crippen LogP contribution in [-0.4, -0.2) is 64.1 Å². The van der Waals surface area contributed by atoms with Crippen LogP contribution in [0.5, 0.6) is 0 Å². The van der Waals surface area contributed by atoms with Gasteiger partial charge in [0.2, 0.25) is 0 Å². The fourth-order valence-electron chi connectivity index (χ4n) is 7.46. The molecule has 5 rings (SSSR count). The number of hydrogen-bond acceptors (Lipinski definition) is 5. The van der Waals surface area contributed by atoms with E-state index in [2.05, 4.69) is 0 Å². The molecule has 1 saturated heterocycles. The maximum atomic E-state index is 6.44. The molecule has 0 aromatic rings. The fourth-order valence-corrected chi connectivity index (χ4v) is 7.46. The number of rotatable bonds is 0. The molecule has 0 spiro atoms. The lowest BCUT2D eigenvalue weighted by Crippen LogP contribution is -2.44. The van der Waals surface area contributed by atoms with Gasteiger partial charge in [0.25, 0.3) is 0 Å². The summed E-state index contributed by atoms with van der Waals surface area (Å²) < 4.78 is 31.4. The second-order valence-electron chi connectivity index (χ2n) is 11.2. The Morgan fingerprint density at radius 2 is 0.688 bits per heavy atom. The van der Waals surface area contributed by atoms with Gasteiger partial charge in [-0.3, -0.25) is 0 Å². The molecule has 4 saturated carbocycles. The van der Waals surface area contributed by atoms with Gasteiger partial charge in [-0.15, -0.1) is 0 Å². The van der Waals surface area contributed by atoms with E-state index >= 15 is 0 Å². The van der Waals surface area contributed by atoms with Gasteiger partial charge in [0.1, 0.15) is 0 Å². The van der Waals surface area contributed by atoms with Gasteiger partial charge < -0.3 is 23.7 Å². The molecule has 1 aliphatic heterocycles. The Morgan fingerprint density at radius 3 is 1.06 bits per heavy atom. The predicted octanol–water partition coefficient (Wildman–Crippen LogP) is 5.15. The van der Waals surface area contributed by atoms with E-state index in [1.807, 2.05) is 0 Å².